The SMILES string of the molecule is CC(C)C(C)C1OC1C(C)(O)C1CCC2(O)C3=CC(=O)C45CSSC(CCCO)C6CCCC(CO)C67CCN(C7=O)c6cc(O)cc(c6)CCC12CCC3C4(C)CC(O)C(O)C5. The Kier molecular flexibility index (Phi) is 12.2. The lowest BCUT2D eigenvalue weighted by Crippen LogP contribution is -2.67. The zero-order valence-electron chi connectivity index (χ0n) is 38.0. The molecule has 16 unspecified atom stereocenters. The average Bonchev–Trinajstić information content (AvgIpc) is 3.90. The zero-order chi connectivity index (χ0) is 45.1. The van der Waals surface area contributed by atoms with Crippen molar-refractivity contribution in [3.05, 3.63) is 35.4 Å². The molecule has 11 nitrogen and oxygen atoms in total. The monoisotopic (exact) mass is 911 g/mol. The number of aryl methyl sites for hydroxylation is 1. The maximum Gasteiger partial charge on any atom is 0.233 e. The van der Waals surface area contributed by atoms with Crippen molar-refractivity contribution in [1.29, 1.82) is 0 Å². The fraction of sp³-hybridized carbons (Fsp3) is 0.800. The van der Waals surface area contributed by atoms with Gasteiger partial charge in [-0.05, 0) is 161 Å². The molecule has 0 radical (unpaired) electrons. The molecule has 2 saturated heterocycles. The Balaban J connectivity index is 1.20. The number of aliphatic hydroxyl groups excluding tert-OH is 4. The average molecular weight is 912 g/mol. The number of fused-ring (bicyclic) bond motifs is 2. The van der Waals surface area contributed by atoms with Gasteiger partial charge in [0, 0.05) is 47.9 Å². The number of carbonyl (C=O) groups is 2. The van der Waals surface area contributed by atoms with Gasteiger partial charge in [0.15, 0.2) is 5.78 Å². The first-order valence-electron chi connectivity index (χ1n) is 24.2. The van der Waals surface area contributed by atoms with E-state index < -0.39 is 51.2 Å². The number of aromatic hydroxyl groups is 1. The number of allylic oxidation sites excluding steroid dienone is 1. The van der Waals surface area contributed by atoms with Gasteiger partial charge in [-0.15, -0.1) is 0 Å². The third-order valence-electron chi connectivity index (χ3n) is 19.4. The second-order valence-corrected chi connectivity index (χ2v) is 24.9. The van der Waals surface area contributed by atoms with Crippen molar-refractivity contribution >= 4 is 39.0 Å². The zero-order valence-corrected chi connectivity index (χ0v) is 39.6. The number of ether oxygens (including phenoxy) is 1. The smallest absolute Gasteiger partial charge is 0.233 e. The summed E-state index contributed by atoms with van der Waals surface area (Å²) in [6, 6.07) is 5.39. The number of hydrogen-bond acceptors (Lipinski definition) is 12. The Morgan fingerprint density at radius 2 is 1.75 bits per heavy atom. The number of rotatable bonds is 8. The lowest BCUT2D eigenvalue weighted by atomic mass is 9.41. The van der Waals surface area contributed by atoms with Gasteiger partial charge in [0.1, 0.15) is 11.9 Å². The van der Waals surface area contributed by atoms with E-state index in [9.17, 15) is 35.7 Å². The van der Waals surface area contributed by atoms with Crippen molar-refractivity contribution in [3.63, 3.8) is 0 Å². The third kappa shape index (κ3) is 6.83. The van der Waals surface area contributed by atoms with Crippen LogP contribution in [0.4, 0.5) is 5.69 Å². The minimum absolute atomic E-state index is 0.00284. The number of aliphatic hydroxyl groups is 6. The topological polar surface area (TPSA) is 192 Å². The summed E-state index contributed by atoms with van der Waals surface area (Å²) in [6.07, 6.45) is 6.49. The maximum absolute atomic E-state index is 15.4. The second-order valence-electron chi connectivity index (χ2n) is 22.3. The minimum atomic E-state index is -1.46. The Morgan fingerprint density at radius 3 is 2.48 bits per heavy atom. The van der Waals surface area contributed by atoms with Crippen molar-refractivity contribution in [2.24, 2.45) is 57.2 Å². The molecular weight excluding hydrogens is 839 g/mol. The van der Waals surface area contributed by atoms with E-state index in [4.69, 9.17) is 4.74 Å². The maximum atomic E-state index is 15.4. The van der Waals surface area contributed by atoms with Gasteiger partial charge in [0.25, 0.3) is 0 Å². The fourth-order valence-corrected chi connectivity index (χ4v) is 19.4. The number of phenols is 1. The van der Waals surface area contributed by atoms with Gasteiger partial charge in [-0.1, -0.05) is 55.7 Å². The molecule has 3 spiro atoms. The number of nitrogens with zero attached hydrogens (tertiary/aromatic N) is 1. The molecule has 7 N–H and O–H groups in total. The van der Waals surface area contributed by atoms with Crippen LogP contribution in [-0.4, -0.2) is 114 Å². The van der Waals surface area contributed by atoms with Crippen LogP contribution in [0.1, 0.15) is 124 Å². The minimum Gasteiger partial charge on any atom is -0.508 e. The molecule has 16 atom stereocenters. The molecule has 1 amide bonds. The Labute approximate surface area is 381 Å². The molecule has 6 fully saturated rings. The molecule has 0 aromatic heterocycles. The fourth-order valence-electron chi connectivity index (χ4n) is 15.6. The number of carbonyl (C=O) groups excluding carboxylic acids is 2. The molecule has 1 aromatic rings. The normalized spacial score (nSPS) is 45.1. The summed E-state index contributed by atoms with van der Waals surface area (Å²) >= 11 is 0. The van der Waals surface area contributed by atoms with Crippen LogP contribution in [0.3, 0.4) is 0 Å². The van der Waals surface area contributed by atoms with Crippen molar-refractivity contribution in [2.45, 2.75) is 165 Å². The highest BCUT2D eigenvalue weighted by Gasteiger charge is 2.74. The molecule has 10 aliphatic rings. The molecule has 11 rings (SSSR count). The van der Waals surface area contributed by atoms with Gasteiger partial charge >= 0.3 is 0 Å². The Hall–Kier alpha value is -1.68. The lowest BCUT2D eigenvalue weighted by molar-refractivity contribution is -0.183. The van der Waals surface area contributed by atoms with Crippen molar-refractivity contribution in [2.75, 3.05) is 30.4 Å². The van der Waals surface area contributed by atoms with E-state index in [1.807, 2.05) is 17.9 Å². The number of hydrogen-bond donors (Lipinski definition) is 7. The lowest BCUT2D eigenvalue weighted by Gasteiger charge is -2.65. The number of amides is 1. The van der Waals surface area contributed by atoms with Crippen molar-refractivity contribution in [3.8, 4) is 5.75 Å². The molecular formula is C50H73NO10S2. The molecule has 1 aromatic carbocycles. The number of anilines is 1. The molecule has 5 aliphatic carbocycles. The van der Waals surface area contributed by atoms with Crippen LogP contribution < -0.4 is 4.90 Å². The van der Waals surface area contributed by atoms with E-state index in [1.54, 1.807) is 39.8 Å². The van der Waals surface area contributed by atoms with Crippen LogP contribution in [0, 0.1) is 57.2 Å². The van der Waals surface area contributed by atoms with Crippen LogP contribution in [0.25, 0.3) is 0 Å². The molecule has 4 saturated carbocycles. The van der Waals surface area contributed by atoms with E-state index >= 15 is 9.59 Å². The quantitative estimate of drug-likeness (QED) is 0.113. The van der Waals surface area contributed by atoms with Gasteiger partial charge < -0.3 is 45.4 Å². The van der Waals surface area contributed by atoms with E-state index in [1.165, 1.54) is 0 Å². The Bertz CT molecular complexity index is 1980. The first-order chi connectivity index (χ1) is 29.8. The highest BCUT2D eigenvalue weighted by molar-refractivity contribution is 8.77. The van der Waals surface area contributed by atoms with Crippen LogP contribution in [0.15, 0.2) is 29.8 Å². The van der Waals surface area contributed by atoms with Gasteiger partial charge in [-0.3, -0.25) is 9.59 Å². The standard InChI is InChI=1S/C50H73NO10S2/c1-28(2)29(3)42-43(61-42)46(5,59)40-13-16-50(60)36-23-41(57)48-25-38(56)37(55)24-45(48,4)34(36)12-15-47(40,50)14-11-30-20-32(22-33(54)21-30)51-18-17-49(44(51)58)31(26-53)8-6-9-35(49)39(10-7-19-52)63-62-27-48/h20-23,28-29,31,34-35,37-40,42-43,52-56,59-60H,6-19,24-27H2,1-5H3. The third-order valence-corrected chi connectivity index (χ3v) is 22.5. The summed E-state index contributed by atoms with van der Waals surface area (Å²) in [7, 11) is 3.26. The van der Waals surface area contributed by atoms with Gasteiger partial charge in [-0.25, -0.2) is 0 Å². The van der Waals surface area contributed by atoms with E-state index in [0.29, 0.717) is 87.3 Å². The van der Waals surface area contributed by atoms with E-state index in [2.05, 4.69) is 27.7 Å². The van der Waals surface area contributed by atoms with Gasteiger partial charge in [0.05, 0.1) is 40.3 Å². The van der Waals surface area contributed by atoms with Gasteiger partial charge in [-0.2, -0.15) is 0 Å². The summed E-state index contributed by atoms with van der Waals surface area (Å²) in [5, 5.41) is 82.0. The number of ketones is 1. The van der Waals surface area contributed by atoms with Crippen LogP contribution in [0.5, 0.6) is 5.75 Å². The largest absolute Gasteiger partial charge is 0.508 e. The first-order valence-corrected chi connectivity index (χ1v) is 26.6. The molecule has 5 heterocycles. The van der Waals surface area contributed by atoms with Crippen molar-refractivity contribution < 1.29 is 50.1 Å². The molecule has 13 heteroatoms. The molecule has 8 bridgehead atoms. The van der Waals surface area contributed by atoms with Crippen LogP contribution >= 0.6 is 21.6 Å². The molecule has 5 aliphatic heterocycles. The van der Waals surface area contributed by atoms with Crippen LogP contribution in [0.2, 0.25) is 0 Å². The predicted octanol–water partition coefficient (Wildman–Crippen LogP) is 6.36. The van der Waals surface area contributed by atoms with E-state index in [-0.39, 0.29) is 84.4 Å². The first kappa shape index (κ1) is 46.4. The summed E-state index contributed by atoms with van der Waals surface area (Å²) in [6.45, 7) is 10.8. The summed E-state index contributed by atoms with van der Waals surface area (Å²) in [5.41, 5.74) is -4.21. The summed E-state index contributed by atoms with van der Waals surface area (Å²) in [5.74, 6) is -0.181. The van der Waals surface area contributed by atoms with E-state index in [0.717, 1.165) is 24.8 Å². The number of epoxide rings is 1. The second kappa shape index (κ2) is 16.5. The Morgan fingerprint density at radius 1 is 0.984 bits per heavy atom. The van der Waals surface area contributed by atoms with Crippen molar-refractivity contribution in [1.82, 2.24) is 0 Å². The van der Waals surface area contributed by atoms with Gasteiger partial charge in [0.2, 0.25) is 5.91 Å². The van der Waals surface area contributed by atoms with Crippen LogP contribution in [-0.2, 0) is 20.7 Å². The molecule has 350 valence electrons. The highest BCUT2D eigenvalue weighted by Crippen LogP contribution is 2.73. The number of phenolic OH excluding ortho intramolecular Hbond substituents is 1. The summed E-state index contributed by atoms with van der Waals surface area (Å²) in [4.78, 5) is 32.5. The highest BCUT2D eigenvalue weighted by atomic mass is 33.1. The predicted molar refractivity (Wildman–Crippen MR) is 245 cm³/mol. The number of benzene rings is 1. The molecule has 63 heavy (non-hydrogen) atoms. The summed E-state index contributed by atoms with van der Waals surface area (Å²) < 4.78 is 6.36.